The third-order valence-corrected chi connectivity index (χ3v) is 7.39. The van der Waals surface area contributed by atoms with E-state index in [1.165, 1.54) is 17.6 Å². The highest BCUT2D eigenvalue weighted by atomic mass is 35.5. The number of hydrogen-bond donors (Lipinski definition) is 0. The summed E-state index contributed by atoms with van der Waals surface area (Å²) in [7, 11) is -3.21. The van der Waals surface area contributed by atoms with Gasteiger partial charge in [0.25, 0.3) is 0 Å². The molecule has 5 nitrogen and oxygen atoms in total. The summed E-state index contributed by atoms with van der Waals surface area (Å²) in [6.45, 7) is 1.67. The predicted octanol–water partition coefficient (Wildman–Crippen LogP) is 3.50. The number of nitrogens with zero attached hydrogens (tertiary/aromatic N) is 3. The maximum Gasteiger partial charge on any atom is 0.211 e. The van der Waals surface area contributed by atoms with Crippen molar-refractivity contribution in [2.45, 2.75) is 11.8 Å². The molecular formula is C15H15Cl2N3O2S2. The van der Waals surface area contributed by atoms with Gasteiger partial charge in [-0.1, -0.05) is 34.5 Å². The summed E-state index contributed by atoms with van der Waals surface area (Å²) in [5.41, 5.74) is 1.86. The van der Waals surface area contributed by atoms with E-state index in [1.807, 2.05) is 18.2 Å². The van der Waals surface area contributed by atoms with E-state index in [0.29, 0.717) is 29.0 Å². The Labute approximate surface area is 154 Å². The number of benzene rings is 1. The molecule has 2 aliphatic rings. The van der Waals surface area contributed by atoms with Crippen molar-refractivity contribution >= 4 is 55.4 Å². The molecule has 2 aromatic rings. The van der Waals surface area contributed by atoms with Crippen molar-refractivity contribution < 1.29 is 8.42 Å². The van der Waals surface area contributed by atoms with Gasteiger partial charge in [0, 0.05) is 35.8 Å². The molecule has 0 radical (unpaired) electrons. The molecule has 24 heavy (non-hydrogen) atoms. The van der Waals surface area contributed by atoms with Crippen LogP contribution in [-0.4, -0.2) is 43.6 Å². The van der Waals surface area contributed by atoms with Gasteiger partial charge in [-0.3, -0.25) is 0 Å². The highest BCUT2D eigenvalue weighted by molar-refractivity contribution is 7.88. The molecule has 0 aliphatic carbocycles. The molecule has 0 saturated carbocycles. The zero-order valence-corrected chi connectivity index (χ0v) is 16.0. The van der Waals surface area contributed by atoms with Gasteiger partial charge in [0.2, 0.25) is 10.0 Å². The van der Waals surface area contributed by atoms with Gasteiger partial charge in [0.15, 0.2) is 5.13 Å². The number of thiazole rings is 1. The van der Waals surface area contributed by atoms with Gasteiger partial charge in [0.05, 0.1) is 12.5 Å². The van der Waals surface area contributed by atoms with Crippen LogP contribution in [0.15, 0.2) is 24.4 Å². The highest BCUT2D eigenvalue weighted by Gasteiger charge is 2.50. The monoisotopic (exact) mass is 403 g/mol. The summed E-state index contributed by atoms with van der Waals surface area (Å²) in [4.78, 5) is 6.51. The van der Waals surface area contributed by atoms with Crippen LogP contribution in [0.4, 0.5) is 10.8 Å². The minimum absolute atomic E-state index is 0.262. The van der Waals surface area contributed by atoms with E-state index in [-0.39, 0.29) is 5.41 Å². The number of aromatic nitrogens is 1. The number of sulfonamides is 1. The third-order valence-electron chi connectivity index (χ3n) is 4.77. The van der Waals surface area contributed by atoms with Crippen molar-refractivity contribution in [2.24, 2.45) is 0 Å². The Morgan fingerprint density at radius 1 is 1.29 bits per heavy atom. The fourth-order valence-electron chi connectivity index (χ4n) is 3.65. The van der Waals surface area contributed by atoms with Gasteiger partial charge in [-0.05, 0) is 30.2 Å². The van der Waals surface area contributed by atoms with Crippen molar-refractivity contribution in [1.82, 2.24) is 9.29 Å². The predicted molar refractivity (Wildman–Crippen MR) is 98.3 cm³/mol. The Morgan fingerprint density at radius 3 is 2.71 bits per heavy atom. The average molecular weight is 404 g/mol. The van der Waals surface area contributed by atoms with Gasteiger partial charge in [-0.15, -0.1) is 0 Å². The van der Waals surface area contributed by atoms with E-state index in [0.717, 1.165) is 22.8 Å². The van der Waals surface area contributed by atoms with Crippen LogP contribution in [0.25, 0.3) is 0 Å². The fourth-order valence-corrected chi connectivity index (χ4v) is 5.64. The Hall–Kier alpha value is -0.860. The number of fused-ring (bicyclic) bond motifs is 2. The maximum atomic E-state index is 12.0. The molecule has 1 atom stereocenters. The molecule has 0 N–H and O–H groups in total. The molecule has 1 fully saturated rings. The Kier molecular flexibility index (Phi) is 3.85. The molecule has 3 heterocycles. The first-order chi connectivity index (χ1) is 11.3. The lowest BCUT2D eigenvalue weighted by atomic mass is 9.82. The Balaban J connectivity index is 1.80. The molecule has 1 aromatic heterocycles. The molecule has 1 saturated heterocycles. The quantitative estimate of drug-likeness (QED) is 0.769. The van der Waals surface area contributed by atoms with Crippen molar-refractivity contribution in [3.63, 3.8) is 0 Å². The van der Waals surface area contributed by atoms with E-state index in [4.69, 9.17) is 23.2 Å². The zero-order valence-electron chi connectivity index (χ0n) is 12.9. The van der Waals surface area contributed by atoms with Crippen molar-refractivity contribution in [3.8, 4) is 0 Å². The summed E-state index contributed by atoms with van der Waals surface area (Å²) in [5.74, 6) is 0. The van der Waals surface area contributed by atoms with Crippen LogP contribution in [0.1, 0.15) is 12.0 Å². The lowest BCUT2D eigenvalue weighted by molar-refractivity contribution is 0.438. The molecule has 0 unspecified atom stereocenters. The van der Waals surface area contributed by atoms with Crippen LogP contribution < -0.4 is 4.90 Å². The van der Waals surface area contributed by atoms with E-state index in [2.05, 4.69) is 9.88 Å². The maximum absolute atomic E-state index is 12.0. The standard InChI is InChI=1S/C15H15Cl2N3O2S2/c1-24(21,22)19-5-4-15(8-19)9-20(14-18-7-13(17)23-14)12-3-2-10(16)6-11(12)15/h2-3,6-7H,4-5,8-9H2,1H3/t15-/m1/s1. The van der Waals surface area contributed by atoms with Crippen LogP contribution in [-0.2, 0) is 15.4 Å². The van der Waals surface area contributed by atoms with E-state index < -0.39 is 10.0 Å². The summed E-state index contributed by atoms with van der Waals surface area (Å²) >= 11 is 13.7. The van der Waals surface area contributed by atoms with Crippen LogP contribution in [0.3, 0.4) is 0 Å². The number of anilines is 2. The van der Waals surface area contributed by atoms with Crippen LogP contribution >= 0.6 is 34.5 Å². The Morgan fingerprint density at radius 2 is 2.08 bits per heavy atom. The third kappa shape index (κ3) is 2.63. The largest absolute Gasteiger partial charge is 0.317 e. The minimum atomic E-state index is -3.21. The van der Waals surface area contributed by atoms with Gasteiger partial charge in [-0.25, -0.2) is 17.7 Å². The van der Waals surface area contributed by atoms with E-state index in [9.17, 15) is 8.42 Å². The fraction of sp³-hybridized carbons (Fsp3) is 0.400. The minimum Gasteiger partial charge on any atom is -0.317 e. The lowest BCUT2D eigenvalue weighted by Crippen LogP contribution is -2.36. The first kappa shape index (κ1) is 16.6. The van der Waals surface area contributed by atoms with E-state index in [1.54, 1.807) is 10.5 Å². The summed E-state index contributed by atoms with van der Waals surface area (Å²) in [6.07, 6.45) is 3.67. The second-order valence-electron chi connectivity index (χ2n) is 6.32. The van der Waals surface area contributed by atoms with Gasteiger partial charge < -0.3 is 4.90 Å². The van der Waals surface area contributed by atoms with Gasteiger partial charge >= 0.3 is 0 Å². The van der Waals surface area contributed by atoms with Crippen molar-refractivity contribution in [2.75, 3.05) is 30.8 Å². The molecular weight excluding hydrogens is 389 g/mol. The number of halogens is 2. The van der Waals surface area contributed by atoms with Crippen LogP contribution in [0.2, 0.25) is 9.36 Å². The average Bonchev–Trinajstić information content (AvgIpc) is 3.18. The molecule has 4 rings (SSSR count). The smallest absolute Gasteiger partial charge is 0.211 e. The molecule has 0 amide bonds. The second-order valence-corrected chi connectivity index (χ2v) is 10.4. The lowest BCUT2D eigenvalue weighted by Gasteiger charge is -2.25. The molecule has 2 aliphatic heterocycles. The normalized spacial score (nSPS) is 24.0. The number of rotatable bonds is 2. The molecule has 1 spiro atoms. The van der Waals surface area contributed by atoms with Crippen molar-refractivity contribution in [1.29, 1.82) is 0 Å². The first-order valence-electron chi connectivity index (χ1n) is 7.43. The van der Waals surface area contributed by atoms with Gasteiger partial charge in [-0.2, -0.15) is 0 Å². The summed E-state index contributed by atoms with van der Waals surface area (Å²) in [5, 5.41) is 1.48. The first-order valence-corrected chi connectivity index (χ1v) is 10.8. The van der Waals surface area contributed by atoms with Crippen LogP contribution in [0, 0.1) is 0 Å². The highest BCUT2D eigenvalue weighted by Crippen LogP contribution is 2.50. The second kappa shape index (κ2) is 5.57. The topological polar surface area (TPSA) is 53.5 Å². The van der Waals surface area contributed by atoms with Crippen LogP contribution in [0.5, 0.6) is 0 Å². The van der Waals surface area contributed by atoms with Crippen molar-refractivity contribution in [3.05, 3.63) is 39.3 Å². The molecule has 1 aromatic carbocycles. The SMILES string of the molecule is CS(=O)(=O)N1CC[C@]2(CN(c3ncc(Cl)s3)c3ccc(Cl)cc32)C1. The zero-order chi connectivity index (χ0) is 17.1. The van der Waals surface area contributed by atoms with Gasteiger partial charge in [0.1, 0.15) is 4.34 Å². The van der Waals surface area contributed by atoms with E-state index >= 15 is 0 Å². The number of hydrogen-bond acceptors (Lipinski definition) is 5. The molecule has 0 bridgehead atoms. The summed E-state index contributed by atoms with van der Waals surface area (Å²) in [6, 6.07) is 5.79. The molecule has 9 heteroatoms. The summed E-state index contributed by atoms with van der Waals surface area (Å²) < 4.78 is 26.1. The Bertz CT molecular complexity index is 915. The molecule has 128 valence electrons.